The van der Waals surface area contributed by atoms with E-state index in [1.54, 1.807) is 0 Å². The molecule has 0 saturated heterocycles. The molecule has 0 saturated carbocycles. The summed E-state index contributed by atoms with van der Waals surface area (Å²) in [6.07, 6.45) is 0. The van der Waals surface area contributed by atoms with Crippen LogP contribution < -0.4 is 0 Å². The molecular weight excluding hydrogens is 110 g/mol. The minimum absolute atomic E-state index is 0. The van der Waals surface area contributed by atoms with Gasteiger partial charge in [0.25, 0.3) is 0 Å². The van der Waals surface area contributed by atoms with Crippen LogP contribution in [-0.2, 0) is 3.80 Å². The van der Waals surface area contributed by atoms with Gasteiger partial charge in [0.15, 0.2) is 17.4 Å². The van der Waals surface area contributed by atoms with Crippen LogP contribution in [0.25, 0.3) is 0 Å². The molecule has 0 fully saturated rings. The van der Waals surface area contributed by atoms with Crippen molar-refractivity contribution in [1.82, 2.24) is 0 Å². The van der Waals surface area contributed by atoms with Crippen LogP contribution in [0.3, 0.4) is 0 Å². The zero-order chi connectivity index (χ0) is 2.00. The van der Waals surface area contributed by atoms with Gasteiger partial charge in [-0.3, -0.25) is 0 Å². The summed E-state index contributed by atoms with van der Waals surface area (Å²) < 4.78 is 8.28. The van der Waals surface area contributed by atoms with Gasteiger partial charge >= 0.3 is 57.8 Å². The standard InChI is InChI=1S/2Al.Ca.O.6H. The van der Waals surface area contributed by atoms with Crippen molar-refractivity contribution in [3.8, 4) is 0 Å². The van der Waals surface area contributed by atoms with E-state index in [0.717, 1.165) is 0 Å². The summed E-state index contributed by atoms with van der Waals surface area (Å²) in [4.78, 5) is 0. The van der Waals surface area contributed by atoms with Crippen molar-refractivity contribution in [3.63, 3.8) is 0 Å². The summed E-state index contributed by atoms with van der Waals surface area (Å²) in [6.45, 7) is 0. The monoisotopic (exact) mass is 116 g/mol. The van der Waals surface area contributed by atoms with E-state index in [2.05, 4.69) is 0 Å². The first kappa shape index (κ1) is 16.5. The predicted molar refractivity (Wildman–Crippen MR) is 26.3 cm³/mol. The molecule has 0 unspecified atom stereocenters. The molecule has 0 radical (unpaired) electrons. The topological polar surface area (TPSA) is 17.1 Å². The maximum absolute atomic E-state index is 8.28. The van der Waals surface area contributed by atoms with Crippen molar-refractivity contribution in [2.45, 2.75) is 0 Å². The van der Waals surface area contributed by atoms with Gasteiger partial charge in [0.05, 0.1) is 0 Å². The fourth-order valence-corrected chi connectivity index (χ4v) is 0. The Labute approximate surface area is 73.9 Å². The second-order valence-electron chi connectivity index (χ2n) is 0. The molecule has 0 spiro atoms. The molecule has 0 N–H and O–H groups in total. The van der Waals surface area contributed by atoms with Crippen molar-refractivity contribution in [3.05, 3.63) is 0 Å². The molecule has 0 aromatic carbocycles. The van der Waals surface area contributed by atoms with Crippen LogP contribution in [0, 0.1) is 0 Å². The molecule has 0 rings (SSSR count). The molecule has 0 aromatic rings. The van der Waals surface area contributed by atoms with E-state index in [-0.39, 0.29) is 55.1 Å². The van der Waals surface area contributed by atoms with Crippen LogP contribution in [0.15, 0.2) is 0 Å². The number of hydrogen-bond donors (Lipinski definition) is 0. The number of hydrogen-bond acceptors (Lipinski definition) is 1. The molecule has 0 aromatic heterocycles. The molecule has 0 aliphatic heterocycles. The summed E-state index contributed by atoms with van der Waals surface area (Å²) in [5.74, 6) is 0. The van der Waals surface area contributed by atoms with Crippen molar-refractivity contribution in [1.29, 1.82) is 0 Å². The number of rotatable bonds is 0. The van der Waals surface area contributed by atoms with E-state index in [0.29, 0.717) is 16.2 Å². The molecule has 0 heterocycles. The zero-order valence-corrected chi connectivity index (χ0v) is 2.53. The van der Waals surface area contributed by atoms with E-state index < -0.39 is 0 Å². The van der Waals surface area contributed by atoms with Crippen molar-refractivity contribution in [2.75, 3.05) is 0 Å². The fourth-order valence-electron chi connectivity index (χ4n) is 0. The Kier molecular flexibility index (Phi) is 79.5. The second kappa shape index (κ2) is 19.3. The average Bonchev–Trinajstić information content (AvgIpc) is 1.00. The van der Waals surface area contributed by atoms with Crippen molar-refractivity contribution < 1.29 is 3.80 Å². The Hall–Kier alpha value is 2.12. The van der Waals surface area contributed by atoms with Gasteiger partial charge in [-0.05, 0) is 0 Å². The summed E-state index contributed by atoms with van der Waals surface area (Å²) >= 11 is 0.611. The van der Waals surface area contributed by atoms with Crippen LogP contribution >= 0.6 is 0 Å². The van der Waals surface area contributed by atoms with Crippen LogP contribution in [0.1, 0.15) is 0 Å². The molecule has 4 heteroatoms. The van der Waals surface area contributed by atoms with E-state index in [1.165, 1.54) is 0 Å². The minimum atomic E-state index is 0. The summed E-state index contributed by atoms with van der Waals surface area (Å²) in [6, 6.07) is 0. The van der Waals surface area contributed by atoms with Gasteiger partial charge in [-0.2, -0.15) is 0 Å². The summed E-state index contributed by atoms with van der Waals surface area (Å²) in [5, 5.41) is 0. The first-order valence-electron chi connectivity index (χ1n) is 0.289. The molecule has 0 aliphatic carbocycles. The van der Waals surface area contributed by atoms with Crippen LogP contribution in [0.5, 0.6) is 0 Å². The van der Waals surface area contributed by atoms with E-state index in [1.807, 2.05) is 0 Å². The molecule has 0 amide bonds. The van der Waals surface area contributed by atoms with E-state index in [4.69, 9.17) is 3.80 Å². The molecule has 0 bridgehead atoms. The Morgan fingerprint density at radius 2 is 1.25 bits per heavy atom. The summed E-state index contributed by atoms with van der Waals surface area (Å²) in [7, 11) is 0. The predicted octanol–water partition coefficient (Wildman–Crippen LogP) is -2.87. The third-order valence-electron chi connectivity index (χ3n) is 0. The van der Waals surface area contributed by atoms with Crippen LogP contribution in [0.2, 0.25) is 0 Å². The molecule has 0 atom stereocenters. The fraction of sp³-hybridized carbons (Fsp3) is 0. The van der Waals surface area contributed by atoms with Gasteiger partial charge in [-0.25, -0.2) is 0 Å². The van der Waals surface area contributed by atoms with Gasteiger partial charge < -0.3 is 0 Å². The van der Waals surface area contributed by atoms with Gasteiger partial charge in [0, 0.05) is 0 Å². The first-order chi connectivity index (χ1) is 1.00. The molecule has 0 aliphatic rings. The zero-order valence-electron chi connectivity index (χ0n) is 1.12. The Morgan fingerprint density at radius 3 is 1.25 bits per heavy atom. The maximum atomic E-state index is 8.28. The Bertz CT molecular complexity index is 6.00. The Balaban J connectivity index is -0.00000000500. The van der Waals surface area contributed by atoms with Gasteiger partial charge in [-0.15, -0.1) is 0 Å². The Morgan fingerprint density at radius 1 is 1.25 bits per heavy atom. The van der Waals surface area contributed by atoms with E-state index in [9.17, 15) is 0 Å². The van der Waals surface area contributed by atoms with Crippen LogP contribution in [-0.4, -0.2) is 71.3 Å². The van der Waals surface area contributed by atoms with E-state index >= 15 is 0 Å². The van der Waals surface area contributed by atoms with Crippen LogP contribution in [0.4, 0.5) is 0 Å². The van der Waals surface area contributed by atoms with Crippen molar-refractivity contribution >= 4 is 71.3 Å². The quantitative estimate of drug-likeness (QED) is 0.311. The second-order valence-corrected chi connectivity index (χ2v) is 0. The summed E-state index contributed by atoms with van der Waals surface area (Å²) in [5.41, 5.74) is 0. The molecule has 1 nitrogen and oxygen atoms in total. The SMILES string of the molecule is [AlH3].[CaH2].[O]=[AlH]. The average molecular weight is 116 g/mol. The van der Waals surface area contributed by atoms with Gasteiger partial charge in [0.2, 0.25) is 0 Å². The van der Waals surface area contributed by atoms with Crippen molar-refractivity contribution in [2.24, 2.45) is 0 Å². The van der Waals surface area contributed by atoms with Gasteiger partial charge in [-0.1, -0.05) is 0 Å². The molecule has 4 heavy (non-hydrogen) atoms. The first-order valence-corrected chi connectivity index (χ1v) is 0.866. The normalized spacial score (nSPS) is 0.750. The molecular formula is H6Al2CaO. The third-order valence-corrected chi connectivity index (χ3v) is 0. The van der Waals surface area contributed by atoms with Gasteiger partial charge in [0.1, 0.15) is 0 Å². The molecule has 20 valence electrons. The third kappa shape index (κ3) is 8.92.